The van der Waals surface area contributed by atoms with E-state index in [0.717, 1.165) is 5.39 Å². The number of nitrogens with zero attached hydrogens (tertiary/aromatic N) is 1. The molecular weight excluding hydrogens is 222 g/mol. The summed E-state index contributed by atoms with van der Waals surface area (Å²) in [6.45, 7) is 0. The molecule has 5 nitrogen and oxygen atoms in total. The van der Waals surface area contributed by atoms with Crippen LogP contribution in [0.25, 0.3) is 10.8 Å². The highest BCUT2D eigenvalue weighted by Crippen LogP contribution is 2.25. The van der Waals surface area contributed by atoms with E-state index in [9.17, 15) is 9.59 Å². The average Bonchev–Trinajstić information content (AvgIpc) is 2.28. The zero-order chi connectivity index (χ0) is 12.4. The SMILES string of the molecule is O=C(O)C(C(=O)O)c1cncc2ccccc12. The van der Waals surface area contributed by atoms with Gasteiger partial charge in [-0.2, -0.15) is 0 Å². The Labute approximate surface area is 96.3 Å². The number of carbonyl (C=O) groups is 2. The van der Waals surface area contributed by atoms with Crippen molar-refractivity contribution in [2.75, 3.05) is 0 Å². The highest BCUT2D eigenvalue weighted by atomic mass is 16.4. The molecule has 0 fully saturated rings. The molecule has 5 heteroatoms. The summed E-state index contributed by atoms with van der Waals surface area (Å²) in [5, 5.41) is 19.2. The van der Waals surface area contributed by atoms with Gasteiger partial charge in [-0.25, -0.2) is 0 Å². The second kappa shape index (κ2) is 4.21. The van der Waals surface area contributed by atoms with Crippen molar-refractivity contribution in [2.45, 2.75) is 5.92 Å². The molecule has 0 saturated carbocycles. The van der Waals surface area contributed by atoms with Crippen LogP contribution in [0.15, 0.2) is 36.7 Å². The molecule has 0 bridgehead atoms. The van der Waals surface area contributed by atoms with Gasteiger partial charge in [-0.05, 0) is 5.39 Å². The Morgan fingerprint density at radius 3 is 2.35 bits per heavy atom. The van der Waals surface area contributed by atoms with E-state index in [-0.39, 0.29) is 5.56 Å². The van der Waals surface area contributed by atoms with Crippen LogP contribution in [-0.2, 0) is 9.59 Å². The molecule has 0 saturated heterocycles. The second-order valence-corrected chi connectivity index (χ2v) is 3.56. The number of rotatable bonds is 3. The highest BCUT2D eigenvalue weighted by Gasteiger charge is 2.29. The Bertz CT molecular complexity index is 575. The summed E-state index contributed by atoms with van der Waals surface area (Å²) in [7, 11) is 0. The van der Waals surface area contributed by atoms with Crippen LogP contribution < -0.4 is 0 Å². The van der Waals surface area contributed by atoms with Crippen molar-refractivity contribution in [3.8, 4) is 0 Å². The zero-order valence-corrected chi connectivity index (χ0v) is 8.70. The third kappa shape index (κ3) is 1.94. The molecular formula is C12H9NO4. The summed E-state index contributed by atoms with van der Waals surface area (Å²) in [4.78, 5) is 25.8. The summed E-state index contributed by atoms with van der Waals surface area (Å²) < 4.78 is 0. The topological polar surface area (TPSA) is 87.5 Å². The molecule has 1 aromatic carbocycles. The van der Waals surface area contributed by atoms with E-state index in [1.165, 1.54) is 6.20 Å². The number of pyridine rings is 1. The molecule has 0 unspecified atom stereocenters. The van der Waals surface area contributed by atoms with E-state index >= 15 is 0 Å². The first-order chi connectivity index (χ1) is 8.11. The Kier molecular flexibility index (Phi) is 2.74. The van der Waals surface area contributed by atoms with Crippen molar-refractivity contribution >= 4 is 22.7 Å². The van der Waals surface area contributed by atoms with Gasteiger partial charge < -0.3 is 10.2 Å². The molecule has 1 heterocycles. The van der Waals surface area contributed by atoms with Crippen molar-refractivity contribution in [1.82, 2.24) is 4.98 Å². The van der Waals surface area contributed by atoms with Crippen LogP contribution in [0, 0.1) is 0 Å². The van der Waals surface area contributed by atoms with Gasteiger partial charge in [0.15, 0.2) is 5.92 Å². The number of benzene rings is 1. The molecule has 0 radical (unpaired) electrons. The Hall–Kier alpha value is -2.43. The number of carboxylic acid groups (broad SMARTS) is 2. The number of hydrogen-bond acceptors (Lipinski definition) is 3. The van der Waals surface area contributed by atoms with E-state index in [2.05, 4.69) is 4.98 Å². The minimum Gasteiger partial charge on any atom is -0.480 e. The first-order valence-electron chi connectivity index (χ1n) is 4.89. The smallest absolute Gasteiger partial charge is 0.322 e. The fraction of sp³-hybridized carbons (Fsp3) is 0.0833. The normalized spacial score (nSPS) is 10.6. The number of hydrogen-bond donors (Lipinski definition) is 2. The molecule has 2 N–H and O–H groups in total. The van der Waals surface area contributed by atoms with Gasteiger partial charge in [-0.15, -0.1) is 0 Å². The predicted molar refractivity (Wildman–Crippen MR) is 59.8 cm³/mol. The number of aromatic nitrogens is 1. The van der Waals surface area contributed by atoms with Crippen LogP contribution in [0.3, 0.4) is 0 Å². The lowest BCUT2D eigenvalue weighted by molar-refractivity contribution is -0.149. The summed E-state index contributed by atoms with van der Waals surface area (Å²) in [5.74, 6) is -4.38. The van der Waals surface area contributed by atoms with Crippen LogP contribution >= 0.6 is 0 Å². The molecule has 0 aliphatic carbocycles. The van der Waals surface area contributed by atoms with E-state index in [4.69, 9.17) is 10.2 Å². The summed E-state index contributed by atoms with van der Waals surface area (Å²) in [5.41, 5.74) is 0.197. The van der Waals surface area contributed by atoms with Gasteiger partial charge in [0.2, 0.25) is 0 Å². The van der Waals surface area contributed by atoms with E-state index in [1.54, 1.807) is 30.5 Å². The van der Waals surface area contributed by atoms with E-state index in [0.29, 0.717) is 5.39 Å². The average molecular weight is 231 g/mol. The van der Waals surface area contributed by atoms with Crippen molar-refractivity contribution in [3.05, 3.63) is 42.2 Å². The van der Waals surface area contributed by atoms with Crippen LogP contribution in [0.5, 0.6) is 0 Å². The minimum absolute atomic E-state index is 0.197. The second-order valence-electron chi connectivity index (χ2n) is 3.56. The molecule has 0 aliphatic rings. The molecule has 0 spiro atoms. The van der Waals surface area contributed by atoms with Crippen LogP contribution in [0.4, 0.5) is 0 Å². The van der Waals surface area contributed by atoms with Crippen LogP contribution in [0.1, 0.15) is 11.5 Å². The Balaban J connectivity index is 2.69. The van der Waals surface area contributed by atoms with Gasteiger partial charge >= 0.3 is 11.9 Å². The number of aliphatic carboxylic acids is 2. The van der Waals surface area contributed by atoms with Gasteiger partial charge in [-0.1, -0.05) is 24.3 Å². The molecule has 17 heavy (non-hydrogen) atoms. The third-order valence-corrected chi connectivity index (χ3v) is 2.50. The standard InChI is InChI=1S/C12H9NO4/c14-11(15)10(12(16)17)9-6-13-5-7-3-1-2-4-8(7)9/h1-6,10H,(H,14,15)(H,16,17). The molecule has 0 atom stereocenters. The van der Waals surface area contributed by atoms with Gasteiger partial charge in [0.25, 0.3) is 0 Å². The quantitative estimate of drug-likeness (QED) is 0.781. The van der Waals surface area contributed by atoms with Crippen LogP contribution in [-0.4, -0.2) is 27.1 Å². The van der Waals surface area contributed by atoms with Gasteiger partial charge in [-0.3, -0.25) is 14.6 Å². The Morgan fingerprint density at radius 1 is 1.06 bits per heavy atom. The molecule has 1 aromatic heterocycles. The third-order valence-electron chi connectivity index (χ3n) is 2.50. The van der Waals surface area contributed by atoms with Gasteiger partial charge in [0.1, 0.15) is 0 Å². The fourth-order valence-electron chi connectivity index (χ4n) is 1.74. The van der Waals surface area contributed by atoms with Crippen molar-refractivity contribution in [1.29, 1.82) is 0 Å². The molecule has 2 rings (SSSR count). The van der Waals surface area contributed by atoms with Gasteiger partial charge in [0, 0.05) is 23.3 Å². The molecule has 86 valence electrons. The first-order valence-corrected chi connectivity index (χ1v) is 4.89. The molecule has 0 aliphatic heterocycles. The predicted octanol–water partition coefficient (Wildman–Crippen LogP) is 1.49. The summed E-state index contributed by atoms with van der Waals surface area (Å²) in [6, 6.07) is 6.95. The lowest BCUT2D eigenvalue weighted by Crippen LogP contribution is -2.21. The maximum absolute atomic E-state index is 11.0. The van der Waals surface area contributed by atoms with Crippen molar-refractivity contribution < 1.29 is 19.8 Å². The number of carboxylic acids is 2. The lowest BCUT2D eigenvalue weighted by atomic mass is 9.96. The minimum atomic E-state index is -1.59. The van der Waals surface area contributed by atoms with Crippen LogP contribution in [0.2, 0.25) is 0 Å². The maximum atomic E-state index is 11.0. The lowest BCUT2D eigenvalue weighted by Gasteiger charge is -2.10. The Morgan fingerprint density at radius 2 is 1.71 bits per heavy atom. The molecule has 2 aromatic rings. The maximum Gasteiger partial charge on any atom is 0.322 e. The highest BCUT2D eigenvalue weighted by molar-refractivity contribution is 6.03. The van der Waals surface area contributed by atoms with E-state index in [1.807, 2.05) is 0 Å². The first kappa shape index (κ1) is 11.1. The number of fused-ring (bicyclic) bond motifs is 1. The largest absolute Gasteiger partial charge is 0.480 e. The molecule has 0 amide bonds. The summed E-state index contributed by atoms with van der Waals surface area (Å²) in [6.07, 6.45) is 2.86. The van der Waals surface area contributed by atoms with Crippen molar-refractivity contribution in [3.63, 3.8) is 0 Å². The van der Waals surface area contributed by atoms with Crippen molar-refractivity contribution in [2.24, 2.45) is 0 Å². The fourth-order valence-corrected chi connectivity index (χ4v) is 1.74. The monoisotopic (exact) mass is 231 g/mol. The van der Waals surface area contributed by atoms with Gasteiger partial charge in [0.05, 0.1) is 0 Å². The summed E-state index contributed by atoms with van der Waals surface area (Å²) >= 11 is 0. The van der Waals surface area contributed by atoms with E-state index < -0.39 is 17.9 Å². The zero-order valence-electron chi connectivity index (χ0n) is 8.70.